The minimum atomic E-state index is -0.351. The summed E-state index contributed by atoms with van der Waals surface area (Å²) in [7, 11) is 0. The Morgan fingerprint density at radius 2 is 1.94 bits per heavy atom. The zero-order valence-corrected chi connectivity index (χ0v) is 10.3. The molecule has 0 N–H and O–H groups in total. The molecule has 2 aromatic carbocycles. The van der Waals surface area contributed by atoms with Gasteiger partial charge in [0.2, 0.25) is 0 Å². The Kier molecular flexibility index (Phi) is 3.87. The van der Waals surface area contributed by atoms with Crippen LogP contribution in [0.5, 0.6) is 11.5 Å². The van der Waals surface area contributed by atoms with Crippen molar-refractivity contribution in [3.8, 4) is 11.5 Å². The zero-order valence-electron chi connectivity index (χ0n) is 8.79. The van der Waals surface area contributed by atoms with Crippen molar-refractivity contribution < 1.29 is 9.13 Å². The van der Waals surface area contributed by atoms with Crippen LogP contribution in [0, 0.1) is 5.82 Å². The van der Waals surface area contributed by atoms with E-state index in [-0.39, 0.29) is 5.82 Å². The van der Waals surface area contributed by atoms with Gasteiger partial charge >= 0.3 is 0 Å². The number of halogens is 3. The Morgan fingerprint density at radius 1 is 1.12 bits per heavy atom. The van der Waals surface area contributed by atoms with Crippen molar-refractivity contribution in [3.63, 3.8) is 0 Å². The van der Waals surface area contributed by atoms with E-state index in [0.717, 1.165) is 5.56 Å². The minimum Gasteiger partial charge on any atom is -0.456 e. The number of ether oxygens (including phenoxy) is 1. The molecule has 2 rings (SSSR count). The Morgan fingerprint density at radius 3 is 2.59 bits per heavy atom. The Balaban J connectivity index is 2.24. The van der Waals surface area contributed by atoms with Crippen molar-refractivity contribution in [2.75, 3.05) is 0 Å². The van der Waals surface area contributed by atoms with Gasteiger partial charge in [-0.3, -0.25) is 0 Å². The highest BCUT2D eigenvalue weighted by atomic mass is 35.5. The molecule has 0 saturated carbocycles. The lowest BCUT2D eigenvalue weighted by Gasteiger charge is -2.08. The number of benzene rings is 2. The van der Waals surface area contributed by atoms with Crippen LogP contribution in [0.2, 0.25) is 5.02 Å². The predicted octanol–water partition coefficient (Wildman–Crippen LogP) is 5.01. The van der Waals surface area contributed by atoms with Crippen LogP contribution in [0.1, 0.15) is 5.56 Å². The molecule has 0 fully saturated rings. The average molecular weight is 271 g/mol. The van der Waals surface area contributed by atoms with Gasteiger partial charge in [0.15, 0.2) is 0 Å². The third-order valence-electron chi connectivity index (χ3n) is 2.17. The van der Waals surface area contributed by atoms with Crippen LogP contribution >= 0.6 is 23.2 Å². The summed E-state index contributed by atoms with van der Waals surface area (Å²) in [6.45, 7) is 0. The molecule has 0 unspecified atom stereocenters. The van der Waals surface area contributed by atoms with Gasteiger partial charge in [-0.05, 0) is 29.8 Å². The van der Waals surface area contributed by atoms with Crippen LogP contribution in [0.25, 0.3) is 0 Å². The van der Waals surface area contributed by atoms with Crippen LogP contribution in [-0.2, 0) is 5.88 Å². The van der Waals surface area contributed by atoms with Gasteiger partial charge in [-0.25, -0.2) is 4.39 Å². The highest BCUT2D eigenvalue weighted by Crippen LogP contribution is 2.30. The van der Waals surface area contributed by atoms with E-state index in [0.29, 0.717) is 22.4 Å². The molecule has 4 heteroatoms. The largest absolute Gasteiger partial charge is 0.456 e. The lowest BCUT2D eigenvalue weighted by molar-refractivity contribution is 0.477. The van der Waals surface area contributed by atoms with Crippen molar-refractivity contribution >= 4 is 23.2 Å². The summed E-state index contributed by atoms with van der Waals surface area (Å²) >= 11 is 11.7. The SMILES string of the molecule is Fc1cccc(Oc2ccc(CCl)cc2Cl)c1. The highest BCUT2D eigenvalue weighted by molar-refractivity contribution is 6.32. The molecule has 0 aromatic heterocycles. The second-order valence-electron chi connectivity index (χ2n) is 3.46. The number of rotatable bonds is 3. The standard InChI is InChI=1S/C13H9Cl2FO/c14-8-9-4-5-13(12(15)6-9)17-11-3-1-2-10(16)7-11/h1-7H,8H2. The molecular formula is C13H9Cl2FO. The molecule has 0 aliphatic heterocycles. The maximum Gasteiger partial charge on any atom is 0.146 e. The van der Waals surface area contributed by atoms with E-state index in [9.17, 15) is 4.39 Å². The van der Waals surface area contributed by atoms with Crippen LogP contribution in [0.15, 0.2) is 42.5 Å². The van der Waals surface area contributed by atoms with Gasteiger partial charge in [0.25, 0.3) is 0 Å². The van der Waals surface area contributed by atoms with E-state index in [2.05, 4.69) is 0 Å². The van der Waals surface area contributed by atoms with E-state index in [1.807, 2.05) is 6.07 Å². The van der Waals surface area contributed by atoms with E-state index in [1.54, 1.807) is 24.3 Å². The fourth-order valence-corrected chi connectivity index (χ4v) is 1.78. The summed E-state index contributed by atoms with van der Waals surface area (Å²) in [5, 5.41) is 0.451. The maximum absolute atomic E-state index is 13.0. The van der Waals surface area contributed by atoms with E-state index < -0.39 is 0 Å². The third kappa shape index (κ3) is 3.11. The monoisotopic (exact) mass is 270 g/mol. The molecule has 2 aromatic rings. The van der Waals surface area contributed by atoms with Crippen molar-refractivity contribution in [1.29, 1.82) is 0 Å². The quantitative estimate of drug-likeness (QED) is 0.713. The lowest BCUT2D eigenvalue weighted by Crippen LogP contribution is -1.87. The molecule has 0 spiro atoms. The van der Waals surface area contributed by atoms with Gasteiger partial charge in [-0.1, -0.05) is 23.7 Å². The van der Waals surface area contributed by atoms with Crippen molar-refractivity contribution in [2.24, 2.45) is 0 Å². The normalized spacial score (nSPS) is 10.3. The molecule has 0 saturated heterocycles. The molecule has 0 aliphatic rings. The van der Waals surface area contributed by atoms with Gasteiger partial charge < -0.3 is 4.74 Å². The molecular weight excluding hydrogens is 262 g/mol. The first-order valence-electron chi connectivity index (χ1n) is 4.97. The molecule has 0 bridgehead atoms. The van der Waals surface area contributed by atoms with Crippen LogP contribution in [0.3, 0.4) is 0 Å². The summed E-state index contributed by atoms with van der Waals surface area (Å²) in [6, 6.07) is 11.1. The molecule has 0 aliphatic carbocycles. The smallest absolute Gasteiger partial charge is 0.146 e. The number of hydrogen-bond acceptors (Lipinski definition) is 1. The average Bonchev–Trinajstić information content (AvgIpc) is 2.32. The van der Waals surface area contributed by atoms with E-state index in [1.165, 1.54) is 12.1 Å². The molecule has 88 valence electrons. The number of hydrogen-bond donors (Lipinski definition) is 0. The second kappa shape index (κ2) is 5.39. The van der Waals surface area contributed by atoms with Crippen molar-refractivity contribution in [3.05, 3.63) is 58.9 Å². The van der Waals surface area contributed by atoms with Crippen LogP contribution in [0.4, 0.5) is 4.39 Å². The fourth-order valence-electron chi connectivity index (χ4n) is 1.37. The lowest BCUT2D eigenvalue weighted by atomic mass is 10.2. The zero-order chi connectivity index (χ0) is 12.3. The van der Waals surface area contributed by atoms with Crippen LogP contribution in [-0.4, -0.2) is 0 Å². The molecule has 0 amide bonds. The Labute approximate surface area is 109 Å². The summed E-state index contributed by atoms with van der Waals surface area (Å²) in [6.07, 6.45) is 0. The van der Waals surface area contributed by atoms with Crippen molar-refractivity contribution in [2.45, 2.75) is 5.88 Å². The summed E-state index contributed by atoms with van der Waals surface area (Å²) in [5.41, 5.74) is 0.906. The minimum absolute atomic E-state index is 0.351. The van der Waals surface area contributed by atoms with Gasteiger partial charge in [0, 0.05) is 11.9 Å². The fraction of sp³-hybridized carbons (Fsp3) is 0.0769. The Hall–Kier alpha value is -1.25. The topological polar surface area (TPSA) is 9.23 Å². The first kappa shape index (κ1) is 12.2. The maximum atomic E-state index is 13.0. The summed E-state index contributed by atoms with van der Waals surface area (Å²) in [4.78, 5) is 0. The van der Waals surface area contributed by atoms with Crippen molar-refractivity contribution in [1.82, 2.24) is 0 Å². The molecule has 17 heavy (non-hydrogen) atoms. The first-order chi connectivity index (χ1) is 8.19. The van der Waals surface area contributed by atoms with Crippen LogP contribution < -0.4 is 4.74 Å². The third-order valence-corrected chi connectivity index (χ3v) is 2.78. The first-order valence-corrected chi connectivity index (χ1v) is 5.88. The Bertz CT molecular complexity index is 529. The molecule has 0 atom stereocenters. The second-order valence-corrected chi connectivity index (χ2v) is 4.13. The molecule has 1 nitrogen and oxygen atoms in total. The molecule has 0 heterocycles. The predicted molar refractivity (Wildman–Crippen MR) is 67.5 cm³/mol. The summed E-state index contributed by atoms with van der Waals surface area (Å²) in [5.74, 6) is 0.924. The van der Waals surface area contributed by atoms with Gasteiger partial charge in [0.1, 0.15) is 17.3 Å². The van der Waals surface area contributed by atoms with E-state index in [4.69, 9.17) is 27.9 Å². The summed E-state index contributed by atoms with van der Waals surface area (Å²) < 4.78 is 18.4. The van der Waals surface area contributed by atoms with Gasteiger partial charge in [0.05, 0.1) is 5.02 Å². The molecule has 0 radical (unpaired) electrons. The van der Waals surface area contributed by atoms with Gasteiger partial charge in [-0.2, -0.15) is 0 Å². The number of alkyl halides is 1. The van der Waals surface area contributed by atoms with Gasteiger partial charge in [-0.15, -0.1) is 11.6 Å². The van der Waals surface area contributed by atoms with E-state index >= 15 is 0 Å². The highest BCUT2D eigenvalue weighted by Gasteiger charge is 2.04.